The number of hydrogen-bond donors (Lipinski definition) is 1. The first-order valence-corrected chi connectivity index (χ1v) is 6.18. The molecule has 0 saturated carbocycles. The summed E-state index contributed by atoms with van der Waals surface area (Å²) in [4.78, 5) is 1.24. The van der Waals surface area contributed by atoms with E-state index in [1.807, 2.05) is 12.1 Å². The van der Waals surface area contributed by atoms with Gasteiger partial charge in [-0.05, 0) is 36.3 Å². The minimum atomic E-state index is -0.314. The fourth-order valence-corrected chi connectivity index (χ4v) is 1.82. The van der Waals surface area contributed by atoms with Gasteiger partial charge < -0.3 is 5.11 Å². The fraction of sp³-hybridized carbons (Fsp3) is 0.500. The van der Waals surface area contributed by atoms with Gasteiger partial charge in [-0.15, -0.1) is 11.8 Å². The Bertz CT molecular complexity index is 266. The molecule has 1 unspecified atom stereocenters. The van der Waals surface area contributed by atoms with Crippen LogP contribution in [0.4, 0.5) is 0 Å². The molecule has 0 aliphatic rings. The van der Waals surface area contributed by atoms with Crippen LogP contribution >= 0.6 is 11.8 Å². The van der Waals surface area contributed by atoms with Crippen molar-refractivity contribution in [2.45, 2.75) is 31.3 Å². The van der Waals surface area contributed by atoms with Gasteiger partial charge in [0.2, 0.25) is 0 Å². The van der Waals surface area contributed by atoms with Crippen LogP contribution in [-0.2, 0) is 0 Å². The van der Waals surface area contributed by atoms with Gasteiger partial charge in [0.25, 0.3) is 0 Å². The van der Waals surface area contributed by atoms with Crippen molar-refractivity contribution in [3.05, 3.63) is 29.8 Å². The maximum atomic E-state index is 9.85. The molecule has 0 spiro atoms. The summed E-state index contributed by atoms with van der Waals surface area (Å²) in [5.74, 6) is 0.533. The third kappa shape index (κ3) is 3.35. The molecule has 1 aromatic rings. The average molecular weight is 210 g/mol. The molecule has 1 aromatic carbocycles. The minimum Gasteiger partial charge on any atom is -0.388 e. The monoisotopic (exact) mass is 210 g/mol. The Morgan fingerprint density at radius 1 is 1.21 bits per heavy atom. The topological polar surface area (TPSA) is 20.2 Å². The molecule has 1 rings (SSSR count). The van der Waals surface area contributed by atoms with Gasteiger partial charge in [0.1, 0.15) is 0 Å². The molecular weight excluding hydrogens is 192 g/mol. The number of benzene rings is 1. The first-order chi connectivity index (χ1) is 6.63. The number of aliphatic hydroxyl groups excluding tert-OH is 1. The van der Waals surface area contributed by atoms with Crippen LogP contribution in [0.2, 0.25) is 0 Å². The number of aliphatic hydroxyl groups is 1. The smallest absolute Gasteiger partial charge is 0.0792 e. The van der Waals surface area contributed by atoms with Crippen molar-refractivity contribution < 1.29 is 5.11 Å². The van der Waals surface area contributed by atoms with Crippen molar-refractivity contribution in [3.8, 4) is 0 Å². The van der Waals surface area contributed by atoms with Crippen LogP contribution in [0.3, 0.4) is 0 Å². The fourth-order valence-electron chi connectivity index (χ4n) is 1.41. The zero-order valence-corrected chi connectivity index (χ0v) is 9.84. The van der Waals surface area contributed by atoms with E-state index in [4.69, 9.17) is 0 Å². The second-order valence-electron chi connectivity index (χ2n) is 3.92. The van der Waals surface area contributed by atoms with Gasteiger partial charge in [0.05, 0.1) is 6.10 Å². The van der Waals surface area contributed by atoms with Crippen molar-refractivity contribution in [3.63, 3.8) is 0 Å². The molecule has 14 heavy (non-hydrogen) atoms. The van der Waals surface area contributed by atoms with E-state index in [2.05, 4.69) is 32.2 Å². The van der Waals surface area contributed by atoms with Crippen molar-refractivity contribution in [2.24, 2.45) is 5.92 Å². The summed E-state index contributed by atoms with van der Waals surface area (Å²) in [7, 11) is 0. The number of rotatable bonds is 4. The predicted octanol–water partition coefficient (Wildman–Crippen LogP) is 3.49. The second-order valence-corrected chi connectivity index (χ2v) is 4.80. The molecule has 0 aliphatic heterocycles. The van der Waals surface area contributed by atoms with Gasteiger partial charge >= 0.3 is 0 Å². The van der Waals surface area contributed by atoms with Crippen LogP contribution in [-0.4, -0.2) is 11.4 Å². The number of thioether (sulfide) groups is 1. The maximum absolute atomic E-state index is 9.85. The van der Waals surface area contributed by atoms with Crippen molar-refractivity contribution in [2.75, 3.05) is 6.26 Å². The van der Waals surface area contributed by atoms with Gasteiger partial charge in [-0.25, -0.2) is 0 Å². The Labute approximate surface area is 90.5 Å². The van der Waals surface area contributed by atoms with Crippen LogP contribution in [0.25, 0.3) is 0 Å². The molecule has 1 N–H and O–H groups in total. The average Bonchev–Trinajstić information content (AvgIpc) is 2.17. The first-order valence-electron chi connectivity index (χ1n) is 4.95. The highest BCUT2D eigenvalue weighted by atomic mass is 32.2. The van der Waals surface area contributed by atoms with E-state index in [0.29, 0.717) is 5.92 Å². The van der Waals surface area contributed by atoms with E-state index >= 15 is 0 Å². The zero-order chi connectivity index (χ0) is 10.6. The van der Waals surface area contributed by atoms with Crippen molar-refractivity contribution in [1.82, 2.24) is 0 Å². The Morgan fingerprint density at radius 3 is 2.21 bits per heavy atom. The predicted molar refractivity (Wildman–Crippen MR) is 62.6 cm³/mol. The third-order valence-electron chi connectivity index (χ3n) is 2.20. The van der Waals surface area contributed by atoms with Crippen molar-refractivity contribution >= 4 is 11.8 Å². The molecule has 1 atom stereocenters. The summed E-state index contributed by atoms with van der Waals surface area (Å²) in [5, 5.41) is 9.85. The largest absolute Gasteiger partial charge is 0.388 e. The van der Waals surface area contributed by atoms with Gasteiger partial charge in [0, 0.05) is 4.90 Å². The third-order valence-corrected chi connectivity index (χ3v) is 2.94. The van der Waals surface area contributed by atoms with E-state index in [1.54, 1.807) is 11.8 Å². The molecule has 0 saturated heterocycles. The van der Waals surface area contributed by atoms with Gasteiger partial charge in [-0.1, -0.05) is 26.0 Å². The molecule has 0 radical (unpaired) electrons. The van der Waals surface area contributed by atoms with Crippen LogP contribution in [0, 0.1) is 5.92 Å². The van der Waals surface area contributed by atoms with Crippen molar-refractivity contribution in [1.29, 1.82) is 0 Å². The van der Waals surface area contributed by atoms with E-state index in [1.165, 1.54) is 4.90 Å². The van der Waals surface area contributed by atoms with E-state index in [-0.39, 0.29) is 6.10 Å². The minimum absolute atomic E-state index is 0.314. The second kappa shape index (κ2) is 5.42. The summed E-state index contributed by atoms with van der Waals surface area (Å²) >= 11 is 1.72. The Morgan fingerprint density at radius 2 is 1.79 bits per heavy atom. The van der Waals surface area contributed by atoms with Crippen LogP contribution in [0.1, 0.15) is 31.9 Å². The standard InChI is InChI=1S/C12H18OS/c1-9(2)8-12(13)10-4-6-11(14-3)7-5-10/h4-7,9,12-13H,8H2,1-3H3. The molecule has 2 heteroatoms. The molecular formula is C12H18OS. The highest BCUT2D eigenvalue weighted by molar-refractivity contribution is 7.98. The van der Waals surface area contributed by atoms with E-state index < -0.39 is 0 Å². The summed E-state index contributed by atoms with van der Waals surface area (Å²) in [5.41, 5.74) is 1.02. The highest BCUT2D eigenvalue weighted by Gasteiger charge is 2.08. The molecule has 0 aliphatic carbocycles. The van der Waals surface area contributed by atoms with E-state index in [9.17, 15) is 5.11 Å². The summed E-state index contributed by atoms with van der Waals surface area (Å²) < 4.78 is 0. The zero-order valence-electron chi connectivity index (χ0n) is 9.03. The van der Waals surface area contributed by atoms with Crippen LogP contribution in [0.15, 0.2) is 29.2 Å². The number of hydrogen-bond acceptors (Lipinski definition) is 2. The quantitative estimate of drug-likeness (QED) is 0.768. The molecule has 1 nitrogen and oxygen atoms in total. The first kappa shape index (κ1) is 11.6. The van der Waals surface area contributed by atoms with Crippen LogP contribution in [0.5, 0.6) is 0 Å². The Balaban J connectivity index is 2.66. The molecule has 0 fully saturated rings. The normalized spacial score (nSPS) is 13.2. The lowest BCUT2D eigenvalue weighted by Gasteiger charge is -2.13. The van der Waals surface area contributed by atoms with Gasteiger partial charge in [-0.3, -0.25) is 0 Å². The Kier molecular flexibility index (Phi) is 4.49. The summed E-state index contributed by atoms with van der Waals surface area (Å²) in [6.45, 7) is 4.25. The van der Waals surface area contributed by atoms with Gasteiger partial charge in [-0.2, -0.15) is 0 Å². The van der Waals surface area contributed by atoms with Crippen LogP contribution < -0.4 is 0 Å². The molecule has 0 heterocycles. The summed E-state index contributed by atoms with van der Waals surface area (Å²) in [6.07, 6.45) is 2.57. The van der Waals surface area contributed by atoms with Gasteiger partial charge in [0.15, 0.2) is 0 Å². The SMILES string of the molecule is CSc1ccc(C(O)CC(C)C)cc1. The molecule has 0 bridgehead atoms. The van der Waals surface area contributed by atoms with E-state index in [0.717, 1.165) is 12.0 Å². The molecule has 78 valence electrons. The maximum Gasteiger partial charge on any atom is 0.0792 e. The lowest BCUT2D eigenvalue weighted by molar-refractivity contribution is 0.151. The molecule has 0 aromatic heterocycles. The summed E-state index contributed by atoms with van der Waals surface area (Å²) in [6, 6.07) is 8.14. The lowest BCUT2D eigenvalue weighted by Crippen LogP contribution is -2.01. The Hall–Kier alpha value is -0.470. The lowest BCUT2D eigenvalue weighted by atomic mass is 10.00. The highest BCUT2D eigenvalue weighted by Crippen LogP contribution is 2.23. The molecule has 0 amide bonds.